The fourth-order valence-electron chi connectivity index (χ4n) is 1.89. The van der Waals surface area contributed by atoms with Crippen LogP contribution in [-0.2, 0) is 6.42 Å². The fraction of sp³-hybridized carbons (Fsp3) is 0.200. The maximum atomic E-state index is 3.53. The van der Waals surface area contributed by atoms with Crippen molar-refractivity contribution in [1.29, 1.82) is 0 Å². The van der Waals surface area contributed by atoms with Crippen molar-refractivity contribution in [2.24, 2.45) is 0 Å². The van der Waals surface area contributed by atoms with Gasteiger partial charge in [0.25, 0.3) is 0 Å². The molecule has 0 bridgehead atoms. The molecule has 0 saturated heterocycles. The van der Waals surface area contributed by atoms with Crippen molar-refractivity contribution in [3.8, 4) is 0 Å². The zero-order valence-electron chi connectivity index (χ0n) is 10.1. The molecule has 0 radical (unpaired) electrons. The lowest BCUT2D eigenvalue weighted by atomic mass is 10.0. The second kappa shape index (κ2) is 5.37. The summed E-state index contributed by atoms with van der Waals surface area (Å²) in [5.74, 6) is 0. The van der Waals surface area contributed by atoms with E-state index in [0.29, 0.717) is 0 Å². The Bertz CT molecular complexity index is 520. The van der Waals surface area contributed by atoms with E-state index in [2.05, 4.69) is 70.6 Å². The van der Waals surface area contributed by atoms with Crippen molar-refractivity contribution in [1.82, 2.24) is 0 Å². The number of aryl methyl sites for hydroxylation is 1. The molecule has 0 atom stereocenters. The smallest absolute Gasteiger partial charge is 0.0340 e. The molecule has 88 valence electrons. The first-order valence-electron chi connectivity index (χ1n) is 5.71. The molecule has 0 unspecified atom stereocenters. The van der Waals surface area contributed by atoms with Crippen molar-refractivity contribution in [2.45, 2.75) is 13.3 Å². The predicted octanol–water partition coefficient (Wildman–Crippen LogP) is 4.39. The number of halogens is 1. The van der Waals surface area contributed by atoms with Gasteiger partial charge in [-0.15, -0.1) is 0 Å². The molecule has 0 saturated carbocycles. The van der Waals surface area contributed by atoms with Gasteiger partial charge in [-0.05, 0) is 54.3 Å². The quantitative estimate of drug-likeness (QED) is 0.884. The van der Waals surface area contributed by atoms with Gasteiger partial charge in [-0.3, -0.25) is 0 Å². The largest absolute Gasteiger partial charge is 0.388 e. The minimum Gasteiger partial charge on any atom is -0.388 e. The van der Waals surface area contributed by atoms with Crippen LogP contribution in [0.15, 0.2) is 46.9 Å². The minimum absolute atomic E-state index is 0.973. The summed E-state index contributed by atoms with van der Waals surface area (Å²) in [6.45, 7) is 2.16. The van der Waals surface area contributed by atoms with Gasteiger partial charge in [0.05, 0.1) is 0 Å². The number of hydrogen-bond acceptors (Lipinski definition) is 1. The number of benzene rings is 2. The van der Waals surface area contributed by atoms with Crippen LogP contribution in [0.25, 0.3) is 0 Å². The van der Waals surface area contributed by atoms with Gasteiger partial charge in [0.2, 0.25) is 0 Å². The molecule has 0 spiro atoms. The van der Waals surface area contributed by atoms with Crippen molar-refractivity contribution in [2.75, 3.05) is 12.4 Å². The number of hydrogen-bond donors (Lipinski definition) is 1. The third-order valence-corrected chi connectivity index (χ3v) is 3.41. The summed E-state index contributed by atoms with van der Waals surface area (Å²) in [7, 11) is 1.95. The summed E-state index contributed by atoms with van der Waals surface area (Å²) in [6.07, 6.45) is 0.973. The Morgan fingerprint density at radius 3 is 2.71 bits per heavy atom. The molecule has 2 heteroatoms. The molecular weight excluding hydrogens is 274 g/mol. The second-order valence-corrected chi connectivity index (χ2v) is 5.11. The van der Waals surface area contributed by atoms with E-state index in [0.717, 1.165) is 16.6 Å². The average Bonchev–Trinajstić information content (AvgIpc) is 2.34. The number of rotatable bonds is 3. The highest BCUT2D eigenvalue weighted by molar-refractivity contribution is 9.10. The van der Waals surface area contributed by atoms with Crippen LogP contribution in [0.2, 0.25) is 0 Å². The Labute approximate surface area is 111 Å². The van der Waals surface area contributed by atoms with E-state index in [-0.39, 0.29) is 0 Å². The van der Waals surface area contributed by atoms with Crippen molar-refractivity contribution < 1.29 is 0 Å². The summed E-state index contributed by atoms with van der Waals surface area (Å²) in [5, 5.41) is 3.17. The summed E-state index contributed by atoms with van der Waals surface area (Å²) >= 11 is 3.53. The Balaban J connectivity index is 2.27. The Morgan fingerprint density at radius 2 is 1.94 bits per heavy atom. The van der Waals surface area contributed by atoms with Crippen LogP contribution >= 0.6 is 15.9 Å². The van der Waals surface area contributed by atoms with Gasteiger partial charge in [0.1, 0.15) is 0 Å². The SMILES string of the molecule is CNc1cccc(Cc2cc(Br)ccc2C)c1. The zero-order valence-corrected chi connectivity index (χ0v) is 11.7. The van der Waals surface area contributed by atoms with E-state index in [4.69, 9.17) is 0 Å². The lowest BCUT2D eigenvalue weighted by molar-refractivity contribution is 1.15. The van der Waals surface area contributed by atoms with Gasteiger partial charge in [-0.2, -0.15) is 0 Å². The number of nitrogens with one attached hydrogen (secondary N) is 1. The maximum Gasteiger partial charge on any atom is 0.0340 e. The second-order valence-electron chi connectivity index (χ2n) is 4.20. The van der Waals surface area contributed by atoms with Crippen molar-refractivity contribution in [3.63, 3.8) is 0 Å². The molecule has 1 N–H and O–H groups in total. The van der Waals surface area contributed by atoms with E-state index < -0.39 is 0 Å². The lowest BCUT2D eigenvalue weighted by Gasteiger charge is -2.08. The normalized spacial score (nSPS) is 10.3. The first kappa shape index (κ1) is 12.2. The van der Waals surface area contributed by atoms with Gasteiger partial charge >= 0.3 is 0 Å². The van der Waals surface area contributed by atoms with Crippen LogP contribution in [0.5, 0.6) is 0 Å². The van der Waals surface area contributed by atoms with E-state index in [1.807, 2.05) is 7.05 Å². The first-order chi connectivity index (χ1) is 8.19. The van der Waals surface area contributed by atoms with E-state index in [1.165, 1.54) is 16.7 Å². The molecule has 0 heterocycles. The van der Waals surface area contributed by atoms with E-state index in [1.54, 1.807) is 0 Å². The fourth-order valence-corrected chi connectivity index (χ4v) is 2.30. The molecule has 17 heavy (non-hydrogen) atoms. The third kappa shape index (κ3) is 3.10. The average molecular weight is 290 g/mol. The van der Waals surface area contributed by atoms with Crippen LogP contribution in [0.1, 0.15) is 16.7 Å². The predicted molar refractivity (Wildman–Crippen MR) is 77.7 cm³/mol. The van der Waals surface area contributed by atoms with E-state index >= 15 is 0 Å². The highest BCUT2D eigenvalue weighted by atomic mass is 79.9. The first-order valence-corrected chi connectivity index (χ1v) is 6.50. The van der Waals surface area contributed by atoms with Crippen LogP contribution in [-0.4, -0.2) is 7.05 Å². The van der Waals surface area contributed by atoms with Crippen LogP contribution in [0.3, 0.4) is 0 Å². The zero-order chi connectivity index (χ0) is 12.3. The standard InChI is InChI=1S/C15H16BrN/c1-11-6-7-14(16)10-13(11)8-12-4-3-5-15(9-12)17-2/h3-7,9-10,17H,8H2,1-2H3. The molecule has 0 aliphatic rings. The molecule has 0 aliphatic carbocycles. The topological polar surface area (TPSA) is 12.0 Å². The summed E-state index contributed by atoms with van der Waals surface area (Å²) in [5.41, 5.74) is 5.20. The van der Waals surface area contributed by atoms with Crippen LogP contribution in [0, 0.1) is 6.92 Å². The van der Waals surface area contributed by atoms with Gasteiger partial charge in [0.15, 0.2) is 0 Å². The molecule has 1 nitrogen and oxygen atoms in total. The van der Waals surface area contributed by atoms with E-state index in [9.17, 15) is 0 Å². The molecule has 0 fully saturated rings. The monoisotopic (exact) mass is 289 g/mol. The Kier molecular flexibility index (Phi) is 3.85. The van der Waals surface area contributed by atoms with Crippen molar-refractivity contribution in [3.05, 3.63) is 63.6 Å². The molecule has 0 aliphatic heterocycles. The van der Waals surface area contributed by atoms with Gasteiger partial charge in [-0.25, -0.2) is 0 Å². The summed E-state index contributed by atoms with van der Waals surface area (Å²) in [6, 6.07) is 15.0. The highest BCUT2D eigenvalue weighted by Gasteiger charge is 2.02. The Hall–Kier alpha value is -1.28. The highest BCUT2D eigenvalue weighted by Crippen LogP contribution is 2.20. The van der Waals surface area contributed by atoms with Gasteiger partial charge in [-0.1, -0.05) is 34.1 Å². The summed E-state index contributed by atoms with van der Waals surface area (Å²) in [4.78, 5) is 0. The van der Waals surface area contributed by atoms with Crippen LogP contribution in [0.4, 0.5) is 5.69 Å². The molecule has 0 aromatic heterocycles. The molecule has 2 aromatic rings. The van der Waals surface area contributed by atoms with Gasteiger partial charge in [0, 0.05) is 17.2 Å². The number of anilines is 1. The maximum absolute atomic E-state index is 3.53. The molecular formula is C15H16BrN. The Morgan fingerprint density at radius 1 is 1.12 bits per heavy atom. The van der Waals surface area contributed by atoms with Crippen LogP contribution < -0.4 is 5.32 Å². The third-order valence-electron chi connectivity index (χ3n) is 2.92. The molecule has 2 aromatic carbocycles. The summed E-state index contributed by atoms with van der Waals surface area (Å²) < 4.78 is 1.14. The van der Waals surface area contributed by atoms with Crippen molar-refractivity contribution >= 4 is 21.6 Å². The molecule has 2 rings (SSSR count). The van der Waals surface area contributed by atoms with Gasteiger partial charge < -0.3 is 5.32 Å². The lowest BCUT2D eigenvalue weighted by Crippen LogP contribution is -1.94. The minimum atomic E-state index is 0.973. The molecule has 0 amide bonds.